The van der Waals surface area contributed by atoms with Crippen LogP contribution in [0.25, 0.3) is 0 Å². The highest BCUT2D eigenvalue weighted by Crippen LogP contribution is 2.35. The second-order valence-corrected chi connectivity index (χ2v) is 10.5. The number of carbonyl (C=O) groups is 2. The van der Waals surface area contributed by atoms with Crippen LogP contribution in [0.15, 0.2) is 42.5 Å². The lowest BCUT2D eigenvalue weighted by atomic mass is 9.83. The Labute approximate surface area is 219 Å². The van der Waals surface area contributed by atoms with Crippen molar-refractivity contribution in [2.24, 2.45) is 5.92 Å². The number of hydrogen-bond donors (Lipinski definition) is 2. The van der Waals surface area contributed by atoms with Gasteiger partial charge in [-0.05, 0) is 75.9 Å². The lowest BCUT2D eigenvalue weighted by Crippen LogP contribution is -2.55. The zero-order chi connectivity index (χ0) is 25.7. The molecule has 1 saturated carbocycles. The number of amides is 2. The van der Waals surface area contributed by atoms with E-state index in [0.29, 0.717) is 11.6 Å². The van der Waals surface area contributed by atoms with Crippen LogP contribution in [-0.4, -0.2) is 54.4 Å². The fourth-order valence-electron chi connectivity index (χ4n) is 5.40. The number of rotatable bonds is 8. The molecule has 1 aromatic heterocycles. The van der Waals surface area contributed by atoms with Crippen molar-refractivity contribution in [2.45, 2.75) is 70.0 Å². The first kappa shape index (κ1) is 26.4. The Morgan fingerprint density at radius 2 is 1.83 bits per heavy atom. The van der Waals surface area contributed by atoms with Crippen LogP contribution in [-0.2, 0) is 9.59 Å². The van der Waals surface area contributed by atoms with Gasteiger partial charge < -0.3 is 20.4 Å². The van der Waals surface area contributed by atoms with Crippen LogP contribution in [0.4, 0.5) is 11.5 Å². The highest BCUT2D eigenvalue weighted by atomic mass is 35.5. The summed E-state index contributed by atoms with van der Waals surface area (Å²) in [7, 11) is 3.73. The normalized spacial score (nSPS) is 20.1. The van der Waals surface area contributed by atoms with Crippen LogP contribution in [0.5, 0.6) is 0 Å². The summed E-state index contributed by atoms with van der Waals surface area (Å²) < 4.78 is 0. The minimum absolute atomic E-state index is 0.0245. The fraction of sp³-hybridized carbons (Fsp3) is 0.536. The predicted molar refractivity (Wildman–Crippen MR) is 144 cm³/mol. The molecule has 1 aliphatic heterocycles. The SMILES string of the molecule is CN[C@@H](C)C(=O)N[C@H](C(=O)N1CCC[C@H]1c1cccc(N(C)c2cccc(Cl)c2)n1)C1CCCCC1. The minimum atomic E-state index is -0.494. The van der Waals surface area contributed by atoms with Crippen LogP contribution >= 0.6 is 11.6 Å². The largest absolute Gasteiger partial charge is 0.343 e. The maximum atomic E-state index is 14.0. The Hall–Kier alpha value is -2.64. The zero-order valence-corrected chi connectivity index (χ0v) is 22.3. The van der Waals surface area contributed by atoms with E-state index in [1.54, 1.807) is 7.05 Å². The number of anilines is 2. The number of benzene rings is 1. The van der Waals surface area contributed by atoms with E-state index >= 15 is 0 Å². The van der Waals surface area contributed by atoms with Crippen molar-refractivity contribution in [1.29, 1.82) is 0 Å². The third kappa shape index (κ3) is 6.01. The Kier molecular flexibility index (Phi) is 8.86. The first-order valence-corrected chi connectivity index (χ1v) is 13.5. The van der Waals surface area contributed by atoms with E-state index in [4.69, 9.17) is 16.6 Å². The van der Waals surface area contributed by atoms with E-state index in [0.717, 1.165) is 55.7 Å². The molecule has 2 amide bonds. The molecule has 194 valence electrons. The molecule has 1 aromatic carbocycles. The molecule has 2 aromatic rings. The predicted octanol–water partition coefficient (Wildman–Crippen LogP) is 4.84. The third-order valence-electron chi connectivity index (χ3n) is 7.68. The molecule has 1 aliphatic carbocycles. The topological polar surface area (TPSA) is 77.6 Å². The molecule has 2 aliphatic rings. The minimum Gasteiger partial charge on any atom is -0.343 e. The van der Waals surface area contributed by atoms with Gasteiger partial charge in [0.05, 0.1) is 17.8 Å². The van der Waals surface area contributed by atoms with Crippen LogP contribution in [0.1, 0.15) is 63.6 Å². The summed E-state index contributed by atoms with van der Waals surface area (Å²) in [4.78, 5) is 35.7. The lowest BCUT2D eigenvalue weighted by molar-refractivity contribution is -0.139. The van der Waals surface area contributed by atoms with Gasteiger partial charge in [0.15, 0.2) is 0 Å². The molecule has 8 heteroatoms. The quantitative estimate of drug-likeness (QED) is 0.530. The molecule has 0 spiro atoms. The van der Waals surface area contributed by atoms with Crippen molar-refractivity contribution in [3.05, 3.63) is 53.2 Å². The second-order valence-electron chi connectivity index (χ2n) is 10.0. The number of aromatic nitrogens is 1. The van der Waals surface area contributed by atoms with E-state index in [9.17, 15) is 9.59 Å². The third-order valence-corrected chi connectivity index (χ3v) is 7.92. The summed E-state index contributed by atoms with van der Waals surface area (Å²) in [5.74, 6) is 0.875. The molecule has 0 bridgehead atoms. The van der Waals surface area contributed by atoms with E-state index < -0.39 is 6.04 Å². The summed E-state index contributed by atoms with van der Waals surface area (Å²) in [6.07, 6.45) is 7.14. The first-order chi connectivity index (χ1) is 17.4. The fourth-order valence-corrected chi connectivity index (χ4v) is 5.59. The Balaban J connectivity index is 1.57. The van der Waals surface area contributed by atoms with E-state index in [1.807, 2.05) is 66.2 Å². The van der Waals surface area contributed by atoms with Crippen molar-refractivity contribution < 1.29 is 9.59 Å². The maximum absolute atomic E-state index is 14.0. The molecular weight excluding hydrogens is 474 g/mol. The highest BCUT2D eigenvalue weighted by Gasteiger charge is 2.39. The number of hydrogen-bond acceptors (Lipinski definition) is 5. The number of nitrogens with one attached hydrogen (secondary N) is 2. The molecule has 7 nitrogen and oxygen atoms in total. The standard InChI is InChI=1S/C28H38ClN5O2/c1-19(30-2)27(35)32-26(20-10-5-4-6-11-20)28(36)34-17-9-15-24(34)23-14-8-16-25(31-23)33(3)22-13-7-12-21(29)18-22/h7-8,12-14,16,18-20,24,26,30H,4-6,9-11,15,17H2,1-3H3,(H,32,35)/t19-,24-,26-/m0/s1. The highest BCUT2D eigenvalue weighted by molar-refractivity contribution is 6.30. The number of nitrogens with zero attached hydrogens (tertiary/aromatic N) is 3. The lowest BCUT2D eigenvalue weighted by Gasteiger charge is -2.35. The van der Waals surface area contributed by atoms with Crippen molar-refractivity contribution in [3.63, 3.8) is 0 Å². The smallest absolute Gasteiger partial charge is 0.246 e. The van der Waals surface area contributed by atoms with Gasteiger partial charge in [-0.1, -0.05) is 43.0 Å². The summed E-state index contributed by atoms with van der Waals surface area (Å²) in [6.45, 7) is 2.50. The average Bonchev–Trinajstić information content (AvgIpc) is 3.41. The monoisotopic (exact) mass is 511 g/mol. The maximum Gasteiger partial charge on any atom is 0.246 e. The average molecular weight is 512 g/mol. The summed E-state index contributed by atoms with van der Waals surface area (Å²) in [6, 6.07) is 12.7. The molecule has 3 atom stereocenters. The van der Waals surface area contributed by atoms with E-state index in [1.165, 1.54) is 6.42 Å². The second kappa shape index (κ2) is 12.1. The van der Waals surface area contributed by atoms with Crippen molar-refractivity contribution in [3.8, 4) is 0 Å². The molecule has 2 N–H and O–H groups in total. The first-order valence-electron chi connectivity index (χ1n) is 13.1. The molecule has 2 fully saturated rings. The number of likely N-dealkylation sites (N-methyl/N-ethyl adjacent to an activating group) is 1. The van der Waals surface area contributed by atoms with Crippen LogP contribution < -0.4 is 15.5 Å². The van der Waals surface area contributed by atoms with E-state index in [-0.39, 0.29) is 29.8 Å². The van der Waals surface area contributed by atoms with Gasteiger partial charge in [0.2, 0.25) is 11.8 Å². The van der Waals surface area contributed by atoms with Gasteiger partial charge >= 0.3 is 0 Å². The molecular formula is C28H38ClN5O2. The summed E-state index contributed by atoms with van der Waals surface area (Å²) in [5.41, 5.74) is 1.83. The van der Waals surface area contributed by atoms with Crippen molar-refractivity contribution >= 4 is 34.9 Å². The van der Waals surface area contributed by atoms with Gasteiger partial charge in [-0.25, -0.2) is 4.98 Å². The molecule has 0 radical (unpaired) electrons. The summed E-state index contributed by atoms with van der Waals surface area (Å²) >= 11 is 6.20. The van der Waals surface area contributed by atoms with E-state index in [2.05, 4.69) is 10.6 Å². The number of pyridine rings is 1. The van der Waals surface area contributed by atoms with Gasteiger partial charge in [0.1, 0.15) is 11.9 Å². The van der Waals surface area contributed by atoms with Gasteiger partial charge in [-0.15, -0.1) is 0 Å². The molecule has 36 heavy (non-hydrogen) atoms. The Morgan fingerprint density at radius 3 is 2.56 bits per heavy atom. The van der Waals surface area contributed by atoms with Crippen molar-refractivity contribution in [2.75, 3.05) is 25.5 Å². The van der Waals surface area contributed by atoms with Gasteiger partial charge in [0.25, 0.3) is 0 Å². The number of halogens is 1. The van der Waals surface area contributed by atoms with Gasteiger partial charge in [-0.2, -0.15) is 0 Å². The van der Waals surface area contributed by atoms with Gasteiger partial charge in [-0.3, -0.25) is 9.59 Å². The number of likely N-dealkylation sites (tertiary alicyclic amines) is 1. The van der Waals surface area contributed by atoms with Gasteiger partial charge in [0, 0.05) is 24.3 Å². The Bertz CT molecular complexity index is 1060. The molecule has 4 rings (SSSR count). The molecule has 1 saturated heterocycles. The molecule has 2 heterocycles. The zero-order valence-electron chi connectivity index (χ0n) is 21.5. The van der Waals surface area contributed by atoms with Crippen molar-refractivity contribution in [1.82, 2.24) is 20.5 Å². The Morgan fingerprint density at radius 1 is 1.08 bits per heavy atom. The van der Waals surface area contributed by atoms with Crippen LogP contribution in [0, 0.1) is 5.92 Å². The summed E-state index contributed by atoms with van der Waals surface area (Å²) in [5, 5.41) is 6.77. The molecule has 0 unspecified atom stereocenters. The number of carbonyl (C=O) groups excluding carboxylic acids is 2. The van der Waals surface area contributed by atoms with Crippen LogP contribution in [0.2, 0.25) is 5.02 Å². The van der Waals surface area contributed by atoms with Crippen LogP contribution in [0.3, 0.4) is 0 Å².